The molecule has 0 radical (unpaired) electrons. The number of allylic oxidation sites excluding steroid dienone is 1. The number of rotatable bonds is 4. The van der Waals surface area contributed by atoms with Crippen LogP contribution in [0.2, 0.25) is 0 Å². The van der Waals surface area contributed by atoms with E-state index in [1.54, 1.807) is 0 Å². The van der Waals surface area contributed by atoms with Gasteiger partial charge in [0.2, 0.25) is 5.95 Å². The Hall–Kier alpha value is -1.25. The molecule has 1 heterocycles. The molecule has 0 spiro atoms. The topological polar surface area (TPSA) is 29.9 Å². The molecule has 2 atom stereocenters. The van der Waals surface area contributed by atoms with E-state index in [1.165, 1.54) is 32.1 Å². The van der Waals surface area contributed by atoms with Gasteiger partial charge in [0.15, 0.2) is 0 Å². The molecule has 1 aromatic heterocycles. The second-order valence-electron chi connectivity index (χ2n) is 5.51. The maximum Gasteiger partial charge on any atom is 0.203 e. The van der Waals surface area contributed by atoms with Crippen LogP contribution in [-0.2, 0) is 6.54 Å². The first-order chi connectivity index (χ1) is 8.70. The first-order valence-electron chi connectivity index (χ1n) is 7.12. The van der Waals surface area contributed by atoms with Crippen molar-refractivity contribution in [3.63, 3.8) is 0 Å². The Bertz CT molecular complexity index is 394. The predicted octanol–water partition coefficient (Wildman–Crippen LogP) is 3.76. The first kappa shape index (κ1) is 13.2. The Morgan fingerprint density at radius 2 is 2.22 bits per heavy atom. The number of hydrogen-bond donors (Lipinski definition) is 1. The fraction of sp³-hybridized carbons (Fsp3) is 0.667. The molecule has 1 aromatic rings. The van der Waals surface area contributed by atoms with Crippen molar-refractivity contribution in [2.24, 2.45) is 5.92 Å². The van der Waals surface area contributed by atoms with Gasteiger partial charge in [-0.2, -0.15) is 0 Å². The molecule has 1 fully saturated rings. The molecule has 0 saturated heterocycles. The Morgan fingerprint density at radius 1 is 1.44 bits per heavy atom. The zero-order valence-electron chi connectivity index (χ0n) is 11.7. The minimum absolute atomic E-state index is 0.567. The van der Waals surface area contributed by atoms with E-state index in [-0.39, 0.29) is 0 Å². The lowest BCUT2D eigenvalue weighted by Crippen LogP contribution is -2.27. The standard InChI is InChI=1S/C15H25N3/c1-4-10-18-11-13(3)16-15(18)17-14-9-7-5-6-8-12(14)2/h4,11-12,14H,1,5-10H2,2-3H3,(H,16,17). The smallest absolute Gasteiger partial charge is 0.203 e. The second-order valence-corrected chi connectivity index (χ2v) is 5.51. The van der Waals surface area contributed by atoms with Crippen LogP contribution in [-0.4, -0.2) is 15.6 Å². The van der Waals surface area contributed by atoms with Crippen LogP contribution < -0.4 is 5.32 Å². The number of nitrogens with one attached hydrogen (secondary N) is 1. The average molecular weight is 247 g/mol. The summed E-state index contributed by atoms with van der Waals surface area (Å²) in [6, 6.07) is 0.567. The van der Waals surface area contributed by atoms with E-state index in [2.05, 4.69) is 34.6 Å². The van der Waals surface area contributed by atoms with Crippen molar-refractivity contribution in [1.29, 1.82) is 0 Å². The van der Waals surface area contributed by atoms with E-state index in [4.69, 9.17) is 0 Å². The lowest BCUT2D eigenvalue weighted by atomic mass is 9.97. The van der Waals surface area contributed by atoms with E-state index >= 15 is 0 Å². The quantitative estimate of drug-likeness (QED) is 0.648. The largest absolute Gasteiger partial charge is 0.353 e. The van der Waals surface area contributed by atoms with Gasteiger partial charge in [0.05, 0.1) is 5.69 Å². The molecule has 0 bridgehead atoms. The summed E-state index contributed by atoms with van der Waals surface area (Å²) in [6.07, 6.45) is 10.7. The summed E-state index contributed by atoms with van der Waals surface area (Å²) in [6.45, 7) is 9.03. The van der Waals surface area contributed by atoms with Gasteiger partial charge in [-0.1, -0.05) is 32.3 Å². The monoisotopic (exact) mass is 247 g/mol. The lowest BCUT2D eigenvalue weighted by Gasteiger charge is -2.23. The molecule has 0 aromatic carbocycles. The molecule has 18 heavy (non-hydrogen) atoms. The predicted molar refractivity (Wildman–Crippen MR) is 76.8 cm³/mol. The number of anilines is 1. The average Bonchev–Trinajstić information content (AvgIpc) is 2.54. The van der Waals surface area contributed by atoms with Crippen LogP contribution in [0.15, 0.2) is 18.9 Å². The zero-order chi connectivity index (χ0) is 13.0. The van der Waals surface area contributed by atoms with Crippen LogP contribution >= 0.6 is 0 Å². The third kappa shape index (κ3) is 3.15. The highest BCUT2D eigenvalue weighted by Gasteiger charge is 2.21. The molecular formula is C15H25N3. The molecule has 3 heteroatoms. The van der Waals surface area contributed by atoms with Crippen molar-refractivity contribution in [2.75, 3.05) is 5.32 Å². The summed E-state index contributed by atoms with van der Waals surface area (Å²) in [5.41, 5.74) is 1.07. The molecule has 0 amide bonds. The van der Waals surface area contributed by atoms with E-state index < -0.39 is 0 Å². The molecule has 100 valence electrons. The summed E-state index contributed by atoms with van der Waals surface area (Å²) in [5.74, 6) is 1.74. The van der Waals surface area contributed by atoms with Crippen LogP contribution in [0.5, 0.6) is 0 Å². The molecule has 0 aliphatic heterocycles. The van der Waals surface area contributed by atoms with Gasteiger partial charge in [0.25, 0.3) is 0 Å². The van der Waals surface area contributed by atoms with Gasteiger partial charge in [-0.05, 0) is 25.7 Å². The summed E-state index contributed by atoms with van der Waals surface area (Å²) < 4.78 is 2.15. The van der Waals surface area contributed by atoms with Crippen molar-refractivity contribution in [2.45, 2.75) is 58.5 Å². The molecule has 2 unspecified atom stereocenters. The number of nitrogens with zero attached hydrogens (tertiary/aromatic N) is 2. The molecule has 2 rings (SSSR count). The molecule has 1 aliphatic carbocycles. The summed E-state index contributed by atoms with van der Waals surface area (Å²) in [4.78, 5) is 4.59. The minimum atomic E-state index is 0.567. The fourth-order valence-corrected chi connectivity index (χ4v) is 2.81. The Balaban J connectivity index is 2.09. The van der Waals surface area contributed by atoms with Gasteiger partial charge in [0.1, 0.15) is 0 Å². The number of aromatic nitrogens is 2. The van der Waals surface area contributed by atoms with Crippen LogP contribution in [0, 0.1) is 12.8 Å². The van der Waals surface area contributed by atoms with Gasteiger partial charge >= 0.3 is 0 Å². The van der Waals surface area contributed by atoms with Crippen molar-refractivity contribution >= 4 is 5.95 Å². The third-order valence-corrected chi connectivity index (χ3v) is 3.90. The highest BCUT2D eigenvalue weighted by molar-refractivity contribution is 5.31. The van der Waals surface area contributed by atoms with Crippen LogP contribution in [0.1, 0.15) is 44.7 Å². The van der Waals surface area contributed by atoms with Crippen molar-refractivity contribution in [3.05, 3.63) is 24.5 Å². The Labute approximate surface area is 110 Å². The number of aryl methyl sites for hydroxylation is 1. The summed E-state index contributed by atoms with van der Waals surface area (Å²) in [5, 5.41) is 3.65. The van der Waals surface area contributed by atoms with Crippen LogP contribution in [0.25, 0.3) is 0 Å². The molecule has 1 saturated carbocycles. The molecule has 3 nitrogen and oxygen atoms in total. The third-order valence-electron chi connectivity index (χ3n) is 3.90. The van der Waals surface area contributed by atoms with Gasteiger partial charge in [-0.25, -0.2) is 4.98 Å². The zero-order valence-corrected chi connectivity index (χ0v) is 11.7. The fourth-order valence-electron chi connectivity index (χ4n) is 2.81. The van der Waals surface area contributed by atoms with Gasteiger partial charge in [-0.3, -0.25) is 0 Å². The van der Waals surface area contributed by atoms with Gasteiger partial charge in [-0.15, -0.1) is 6.58 Å². The van der Waals surface area contributed by atoms with Crippen molar-refractivity contribution < 1.29 is 0 Å². The van der Waals surface area contributed by atoms with Crippen LogP contribution in [0.4, 0.5) is 5.95 Å². The Kier molecular flexibility index (Phi) is 4.45. The highest BCUT2D eigenvalue weighted by Crippen LogP contribution is 2.25. The maximum atomic E-state index is 4.59. The van der Waals surface area contributed by atoms with E-state index in [0.29, 0.717) is 6.04 Å². The number of imidazole rings is 1. The van der Waals surface area contributed by atoms with E-state index in [9.17, 15) is 0 Å². The normalized spacial score (nSPS) is 24.6. The highest BCUT2D eigenvalue weighted by atomic mass is 15.2. The first-order valence-corrected chi connectivity index (χ1v) is 7.12. The molecular weight excluding hydrogens is 222 g/mol. The van der Waals surface area contributed by atoms with Gasteiger partial charge in [0, 0.05) is 18.8 Å². The Morgan fingerprint density at radius 3 is 3.00 bits per heavy atom. The number of hydrogen-bond acceptors (Lipinski definition) is 2. The van der Waals surface area contributed by atoms with Crippen molar-refractivity contribution in [1.82, 2.24) is 9.55 Å². The second kappa shape index (κ2) is 6.07. The summed E-state index contributed by atoms with van der Waals surface area (Å²) >= 11 is 0. The SMILES string of the molecule is C=CCn1cc(C)nc1NC1CCCCCC1C. The summed E-state index contributed by atoms with van der Waals surface area (Å²) in [7, 11) is 0. The maximum absolute atomic E-state index is 4.59. The van der Waals surface area contributed by atoms with E-state index in [1.807, 2.05) is 13.0 Å². The van der Waals surface area contributed by atoms with E-state index in [0.717, 1.165) is 24.1 Å². The van der Waals surface area contributed by atoms with Crippen molar-refractivity contribution in [3.8, 4) is 0 Å². The minimum Gasteiger partial charge on any atom is -0.353 e. The van der Waals surface area contributed by atoms with Crippen LogP contribution in [0.3, 0.4) is 0 Å². The molecule has 1 aliphatic rings. The van der Waals surface area contributed by atoms with Gasteiger partial charge < -0.3 is 9.88 Å². The lowest BCUT2D eigenvalue weighted by molar-refractivity contribution is 0.453. The molecule has 1 N–H and O–H groups in total.